The van der Waals surface area contributed by atoms with Crippen molar-refractivity contribution >= 4 is 35.0 Å². The Kier molecular flexibility index (Phi) is 6.91. The molecule has 1 N–H and O–H groups in total. The Morgan fingerprint density at radius 2 is 1.58 bits per heavy atom. The summed E-state index contributed by atoms with van der Waals surface area (Å²) in [6.45, 7) is 1.70. The third-order valence-corrected chi connectivity index (χ3v) is 10.1. The number of alkyl halides is 3. The standard InChI is InChI=1S/C25H37Cl2FN2O3/c26-18-3-1-16(2-4-18)17-7-9-30(10-8-17)23(32)24-13-25(14-24,15-24)29-22(31)12-33-19-5-6-20(27)21(28)11-19/h16-21H,1-15H2,(H,29,31). The highest BCUT2D eigenvalue weighted by atomic mass is 35.5. The first kappa shape index (κ1) is 24.1. The largest absolute Gasteiger partial charge is 0.368 e. The van der Waals surface area contributed by atoms with Crippen LogP contribution in [0, 0.1) is 17.3 Å². The zero-order valence-corrected chi connectivity index (χ0v) is 20.9. The van der Waals surface area contributed by atoms with Crippen LogP contribution in [-0.2, 0) is 14.3 Å². The van der Waals surface area contributed by atoms with Crippen molar-refractivity contribution in [2.24, 2.45) is 17.3 Å². The minimum Gasteiger partial charge on any atom is -0.368 e. The molecule has 1 saturated heterocycles. The van der Waals surface area contributed by atoms with Gasteiger partial charge in [-0.2, -0.15) is 0 Å². The molecule has 3 atom stereocenters. The summed E-state index contributed by atoms with van der Waals surface area (Å²) >= 11 is 12.2. The van der Waals surface area contributed by atoms with E-state index in [9.17, 15) is 14.0 Å². The van der Waals surface area contributed by atoms with Crippen LogP contribution in [0.4, 0.5) is 4.39 Å². The average molecular weight is 503 g/mol. The lowest BCUT2D eigenvalue weighted by atomic mass is 9.39. The Hall–Kier alpha value is -0.590. The molecule has 5 saturated carbocycles. The highest BCUT2D eigenvalue weighted by Gasteiger charge is 2.72. The van der Waals surface area contributed by atoms with E-state index in [4.69, 9.17) is 27.9 Å². The fraction of sp³-hybridized carbons (Fsp3) is 0.920. The van der Waals surface area contributed by atoms with Crippen molar-refractivity contribution < 1.29 is 18.7 Å². The van der Waals surface area contributed by atoms with Crippen LogP contribution in [0.3, 0.4) is 0 Å². The lowest BCUT2D eigenvalue weighted by Crippen LogP contribution is -2.78. The first-order valence-electron chi connectivity index (χ1n) is 12.9. The van der Waals surface area contributed by atoms with Crippen LogP contribution >= 0.6 is 23.2 Å². The van der Waals surface area contributed by atoms with Gasteiger partial charge in [-0.1, -0.05) is 0 Å². The quantitative estimate of drug-likeness (QED) is 0.540. The number of nitrogens with zero attached hydrogens (tertiary/aromatic N) is 1. The maximum Gasteiger partial charge on any atom is 0.246 e. The summed E-state index contributed by atoms with van der Waals surface area (Å²) in [4.78, 5) is 27.7. The second-order valence-electron chi connectivity index (χ2n) is 11.6. The molecule has 0 radical (unpaired) electrons. The van der Waals surface area contributed by atoms with E-state index in [0.717, 1.165) is 69.9 Å². The zero-order chi connectivity index (χ0) is 23.2. The van der Waals surface area contributed by atoms with Gasteiger partial charge in [-0.15, -0.1) is 23.2 Å². The van der Waals surface area contributed by atoms with E-state index in [1.54, 1.807) is 0 Å². The van der Waals surface area contributed by atoms with Gasteiger partial charge in [-0.05, 0) is 82.5 Å². The van der Waals surface area contributed by atoms with Crippen molar-refractivity contribution in [2.45, 2.75) is 106 Å². The SMILES string of the molecule is O=C(COC1CCC(Cl)C(F)C1)NC12CC(C(=O)N3CCC(C4CCC(Cl)CC4)CC3)(C1)C2. The summed E-state index contributed by atoms with van der Waals surface area (Å²) in [6.07, 6.45) is 9.44. The fourth-order valence-electron chi connectivity index (χ4n) is 7.33. The normalized spacial score (nSPS) is 43.4. The van der Waals surface area contributed by atoms with Crippen molar-refractivity contribution in [3.63, 3.8) is 0 Å². The minimum atomic E-state index is -1.07. The molecule has 8 heteroatoms. The number of ether oxygens (including phenoxy) is 1. The van der Waals surface area contributed by atoms with Crippen molar-refractivity contribution in [3.05, 3.63) is 0 Å². The maximum absolute atomic E-state index is 13.7. The molecule has 33 heavy (non-hydrogen) atoms. The predicted molar refractivity (Wildman–Crippen MR) is 126 cm³/mol. The molecule has 0 aromatic carbocycles. The van der Waals surface area contributed by atoms with E-state index in [-0.39, 0.29) is 36.0 Å². The Morgan fingerprint density at radius 1 is 0.939 bits per heavy atom. The fourth-order valence-corrected chi connectivity index (χ4v) is 7.81. The van der Waals surface area contributed by atoms with Crippen molar-refractivity contribution in [1.29, 1.82) is 0 Å². The summed E-state index contributed by atoms with van der Waals surface area (Å²) < 4.78 is 19.4. The van der Waals surface area contributed by atoms with E-state index in [1.807, 2.05) is 0 Å². The van der Waals surface area contributed by atoms with Crippen LogP contribution in [0.2, 0.25) is 0 Å². The smallest absolute Gasteiger partial charge is 0.246 e. The Balaban J connectivity index is 1.01. The second kappa shape index (κ2) is 9.46. The Morgan fingerprint density at radius 3 is 2.21 bits per heavy atom. The number of amides is 2. The van der Waals surface area contributed by atoms with Gasteiger partial charge < -0.3 is 15.0 Å². The maximum atomic E-state index is 13.7. The van der Waals surface area contributed by atoms with Crippen molar-refractivity contribution in [1.82, 2.24) is 10.2 Å². The third-order valence-electron chi connectivity index (χ3n) is 9.18. The summed E-state index contributed by atoms with van der Waals surface area (Å²) in [5, 5.41) is 3.01. The second-order valence-corrected chi connectivity index (χ2v) is 12.7. The molecule has 1 heterocycles. The zero-order valence-electron chi connectivity index (χ0n) is 19.4. The van der Waals surface area contributed by atoms with Gasteiger partial charge in [0.2, 0.25) is 11.8 Å². The molecule has 2 amide bonds. The molecular formula is C25H37Cl2FN2O3. The summed E-state index contributed by atoms with van der Waals surface area (Å²) in [7, 11) is 0. The van der Waals surface area contributed by atoms with Gasteiger partial charge in [-0.3, -0.25) is 9.59 Å². The summed E-state index contributed by atoms with van der Waals surface area (Å²) in [6, 6.07) is 0. The van der Waals surface area contributed by atoms with Crippen molar-refractivity contribution in [2.75, 3.05) is 19.7 Å². The average Bonchev–Trinajstić information content (AvgIpc) is 2.76. The third kappa shape index (κ3) is 4.91. The molecule has 186 valence electrons. The number of rotatable bonds is 6. The Labute approximate surface area is 206 Å². The molecule has 5 aliphatic carbocycles. The number of hydrogen-bond acceptors (Lipinski definition) is 3. The predicted octanol–water partition coefficient (Wildman–Crippen LogP) is 4.58. The lowest BCUT2D eigenvalue weighted by molar-refractivity contribution is -0.195. The van der Waals surface area contributed by atoms with Gasteiger partial charge in [0.1, 0.15) is 12.8 Å². The summed E-state index contributed by atoms with van der Waals surface area (Å²) in [5.74, 6) is 1.66. The monoisotopic (exact) mass is 502 g/mol. The number of nitrogens with one attached hydrogen (secondary N) is 1. The topological polar surface area (TPSA) is 58.6 Å². The molecular weight excluding hydrogens is 466 g/mol. The van der Waals surface area contributed by atoms with Gasteiger partial charge in [0.15, 0.2) is 0 Å². The first-order chi connectivity index (χ1) is 15.8. The van der Waals surface area contributed by atoms with Crippen LogP contribution < -0.4 is 5.32 Å². The van der Waals surface area contributed by atoms with Gasteiger partial charge in [0.25, 0.3) is 0 Å². The minimum absolute atomic E-state index is 0.0494. The number of carbonyl (C=O) groups excluding carboxylic acids is 2. The van der Waals surface area contributed by atoms with E-state index in [1.165, 1.54) is 12.8 Å². The lowest BCUT2D eigenvalue weighted by Gasteiger charge is -2.70. The van der Waals surface area contributed by atoms with Gasteiger partial charge in [0.05, 0.1) is 16.9 Å². The summed E-state index contributed by atoms with van der Waals surface area (Å²) in [5.41, 5.74) is -0.483. The molecule has 6 aliphatic rings. The number of halogens is 3. The van der Waals surface area contributed by atoms with Gasteiger partial charge in [0, 0.05) is 30.4 Å². The molecule has 2 bridgehead atoms. The van der Waals surface area contributed by atoms with Crippen LogP contribution in [0.15, 0.2) is 0 Å². The van der Waals surface area contributed by atoms with E-state index in [0.29, 0.717) is 24.1 Å². The number of hydrogen-bond donors (Lipinski definition) is 1. The van der Waals surface area contributed by atoms with Crippen LogP contribution in [0.25, 0.3) is 0 Å². The van der Waals surface area contributed by atoms with Crippen LogP contribution in [-0.4, -0.2) is 65.0 Å². The number of piperidine rings is 1. The van der Waals surface area contributed by atoms with E-state index >= 15 is 0 Å². The molecule has 3 unspecified atom stereocenters. The van der Waals surface area contributed by atoms with Crippen LogP contribution in [0.1, 0.15) is 77.0 Å². The first-order valence-corrected chi connectivity index (χ1v) is 13.8. The molecule has 6 fully saturated rings. The van der Waals surface area contributed by atoms with E-state index in [2.05, 4.69) is 10.2 Å². The van der Waals surface area contributed by atoms with Crippen LogP contribution in [0.5, 0.6) is 0 Å². The van der Waals surface area contributed by atoms with Gasteiger partial charge in [-0.25, -0.2) is 4.39 Å². The Bertz CT molecular complexity index is 732. The molecule has 0 aromatic rings. The molecule has 0 spiro atoms. The van der Waals surface area contributed by atoms with E-state index < -0.39 is 11.5 Å². The number of likely N-dealkylation sites (tertiary alicyclic amines) is 1. The molecule has 6 rings (SSSR count). The van der Waals surface area contributed by atoms with Gasteiger partial charge >= 0.3 is 0 Å². The highest BCUT2D eigenvalue weighted by molar-refractivity contribution is 6.21. The molecule has 0 aromatic heterocycles. The number of carbonyl (C=O) groups is 2. The highest BCUT2D eigenvalue weighted by Crippen LogP contribution is 2.68. The molecule has 5 nitrogen and oxygen atoms in total. The van der Waals surface area contributed by atoms with Crippen molar-refractivity contribution in [3.8, 4) is 0 Å². The molecule has 1 aliphatic heterocycles.